The van der Waals surface area contributed by atoms with Gasteiger partial charge in [-0.05, 0) is 35.9 Å². The Labute approximate surface area is 119 Å². The molecular weight excluding hydrogens is 244 g/mol. The first-order valence-electron chi connectivity index (χ1n) is 6.81. The van der Waals surface area contributed by atoms with Gasteiger partial charge < -0.3 is 9.47 Å². The van der Waals surface area contributed by atoms with Gasteiger partial charge in [0.25, 0.3) is 0 Å². The molecule has 0 spiro atoms. The molecule has 100 valence electrons. The van der Waals surface area contributed by atoms with Gasteiger partial charge in [0.2, 0.25) is 0 Å². The highest BCUT2D eigenvalue weighted by Gasteiger charge is 2.03. The first-order chi connectivity index (χ1) is 9.83. The Bertz CT molecular complexity index is 656. The summed E-state index contributed by atoms with van der Waals surface area (Å²) in [5.41, 5.74) is 3.74. The van der Waals surface area contributed by atoms with Crippen molar-refractivity contribution in [3.05, 3.63) is 84.7 Å². The molecule has 0 saturated carbocycles. The van der Waals surface area contributed by atoms with Crippen molar-refractivity contribution in [3.63, 3.8) is 0 Å². The average Bonchev–Trinajstić information content (AvgIpc) is 2.97. The Morgan fingerprint density at radius 3 is 2.20 bits per heavy atom. The van der Waals surface area contributed by atoms with E-state index in [1.165, 1.54) is 16.9 Å². The number of nitrogens with zero attached hydrogens (tertiary/aromatic N) is 2. The zero-order valence-electron chi connectivity index (χ0n) is 11.6. The van der Waals surface area contributed by atoms with Crippen LogP contribution in [-0.2, 0) is 6.54 Å². The highest BCUT2D eigenvalue weighted by Crippen LogP contribution is 2.16. The predicted molar refractivity (Wildman–Crippen MR) is 84.3 cm³/mol. The minimum atomic E-state index is 0.907. The van der Waals surface area contributed by atoms with E-state index >= 15 is 0 Å². The number of aromatic nitrogens is 1. The Kier molecular flexibility index (Phi) is 3.55. The molecular formula is C18H18N2. The highest BCUT2D eigenvalue weighted by molar-refractivity contribution is 5.46. The van der Waals surface area contributed by atoms with Crippen LogP contribution in [0.4, 0.5) is 5.69 Å². The third-order valence-electron chi connectivity index (χ3n) is 3.43. The van der Waals surface area contributed by atoms with Gasteiger partial charge in [-0.15, -0.1) is 0 Å². The summed E-state index contributed by atoms with van der Waals surface area (Å²) in [6, 6.07) is 23.0. The normalized spacial score (nSPS) is 10.4. The van der Waals surface area contributed by atoms with Crippen LogP contribution in [0.5, 0.6) is 0 Å². The van der Waals surface area contributed by atoms with E-state index in [0.29, 0.717) is 0 Å². The van der Waals surface area contributed by atoms with Gasteiger partial charge in [0, 0.05) is 37.4 Å². The van der Waals surface area contributed by atoms with Gasteiger partial charge >= 0.3 is 0 Å². The van der Waals surface area contributed by atoms with Crippen molar-refractivity contribution in [1.82, 2.24) is 4.57 Å². The standard InChI is InChI=1S/C18H18N2/c1-19(17-8-4-2-5-9-17)14-16-12-13-20(15-16)18-10-6-3-7-11-18/h2-13,15H,14H2,1H3. The molecule has 0 aliphatic carbocycles. The van der Waals surface area contributed by atoms with E-state index in [4.69, 9.17) is 0 Å². The number of hydrogen-bond donors (Lipinski definition) is 0. The number of hydrogen-bond acceptors (Lipinski definition) is 1. The molecule has 0 unspecified atom stereocenters. The van der Waals surface area contributed by atoms with Gasteiger partial charge in [0.15, 0.2) is 0 Å². The lowest BCUT2D eigenvalue weighted by molar-refractivity contribution is 0.919. The molecule has 0 N–H and O–H groups in total. The quantitative estimate of drug-likeness (QED) is 0.687. The van der Waals surface area contributed by atoms with Crippen LogP contribution in [0.25, 0.3) is 5.69 Å². The van der Waals surface area contributed by atoms with Crippen LogP contribution in [-0.4, -0.2) is 11.6 Å². The molecule has 0 aliphatic heterocycles. The van der Waals surface area contributed by atoms with E-state index in [0.717, 1.165) is 6.54 Å². The molecule has 2 nitrogen and oxygen atoms in total. The molecule has 1 aromatic heterocycles. The van der Waals surface area contributed by atoms with E-state index in [9.17, 15) is 0 Å². The first-order valence-corrected chi connectivity index (χ1v) is 6.81. The molecule has 2 heteroatoms. The molecule has 1 heterocycles. The van der Waals surface area contributed by atoms with Gasteiger partial charge in [-0.1, -0.05) is 36.4 Å². The van der Waals surface area contributed by atoms with E-state index < -0.39 is 0 Å². The average molecular weight is 262 g/mol. The second-order valence-corrected chi connectivity index (χ2v) is 4.95. The minimum absolute atomic E-state index is 0.907. The highest BCUT2D eigenvalue weighted by atomic mass is 15.1. The second kappa shape index (κ2) is 5.66. The third kappa shape index (κ3) is 2.75. The fraction of sp³-hybridized carbons (Fsp3) is 0.111. The molecule has 0 bridgehead atoms. The fourth-order valence-electron chi connectivity index (χ4n) is 2.34. The van der Waals surface area contributed by atoms with Crippen LogP contribution in [0, 0.1) is 0 Å². The molecule has 0 fully saturated rings. The van der Waals surface area contributed by atoms with Crippen molar-refractivity contribution in [1.29, 1.82) is 0 Å². The monoisotopic (exact) mass is 262 g/mol. The maximum atomic E-state index is 2.25. The largest absolute Gasteiger partial charge is 0.370 e. The lowest BCUT2D eigenvalue weighted by atomic mass is 10.2. The Hall–Kier alpha value is -2.48. The van der Waals surface area contributed by atoms with E-state index in [1.807, 2.05) is 12.1 Å². The summed E-state index contributed by atoms with van der Waals surface area (Å²) in [5.74, 6) is 0. The van der Waals surface area contributed by atoms with Gasteiger partial charge in [-0.25, -0.2) is 0 Å². The predicted octanol–water partition coefficient (Wildman–Crippen LogP) is 4.11. The Balaban J connectivity index is 1.75. The first kappa shape index (κ1) is 12.5. The van der Waals surface area contributed by atoms with Crippen molar-refractivity contribution < 1.29 is 0 Å². The number of rotatable bonds is 4. The third-order valence-corrected chi connectivity index (χ3v) is 3.43. The summed E-state index contributed by atoms with van der Waals surface area (Å²) >= 11 is 0. The van der Waals surface area contributed by atoms with E-state index in [-0.39, 0.29) is 0 Å². The second-order valence-electron chi connectivity index (χ2n) is 4.95. The molecule has 0 aliphatic rings. The van der Waals surface area contributed by atoms with E-state index in [1.54, 1.807) is 0 Å². The minimum Gasteiger partial charge on any atom is -0.370 e. The maximum Gasteiger partial charge on any atom is 0.0449 e. The molecule has 0 saturated heterocycles. The van der Waals surface area contributed by atoms with Crippen LogP contribution < -0.4 is 4.90 Å². The zero-order valence-corrected chi connectivity index (χ0v) is 11.6. The molecule has 0 amide bonds. The van der Waals surface area contributed by atoms with Gasteiger partial charge in [0.05, 0.1) is 0 Å². The summed E-state index contributed by atoms with van der Waals surface area (Å²) in [7, 11) is 2.12. The lowest BCUT2D eigenvalue weighted by Gasteiger charge is -2.18. The molecule has 3 rings (SSSR count). The number of anilines is 1. The summed E-state index contributed by atoms with van der Waals surface area (Å²) in [6.45, 7) is 0.907. The van der Waals surface area contributed by atoms with Crippen LogP contribution in [0.2, 0.25) is 0 Å². The summed E-state index contributed by atoms with van der Waals surface area (Å²) < 4.78 is 2.16. The number of para-hydroxylation sites is 2. The van der Waals surface area contributed by atoms with Crippen LogP contribution in [0.1, 0.15) is 5.56 Å². The van der Waals surface area contributed by atoms with Gasteiger partial charge in [-0.3, -0.25) is 0 Å². The molecule has 2 aromatic carbocycles. The topological polar surface area (TPSA) is 8.17 Å². The van der Waals surface area contributed by atoms with Crippen LogP contribution >= 0.6 is 0 Å². The van der Waals surface area contributed by atoms with Gasteiger partial charge in [-0.2, -0.15) is 0 Å². The molecule has 20 heavy (non-hydrogen) atoms. The van der Waals surface area contributed by atoms with Crippen molar-refractivity contribution in [2.24, 2.45) is 0 Å². The SMILES string of the molecule is CN(Cc1ccn(-c2ccccc2)c1)c1ccccc1. The Morgan fingerprint density at radius 2 is 1.50 bits per heavy atom. The number of benzene rings is 2. The van der Waals surface area contributed by atoms with E-state index in [2.05, 4.69) is 83.5 Å². The Morgan fingerprint density at radius 1 is 0.850 bits per heavy atom. The molecule has 3 aromatic rings. The van der Waals surface area contributed by atoms with Crippen molar-refractivity contribution in [3.8, 4) is 5.69 Å². The summed E-state index contributed by atoms with van der Waals surface area (Å²) in [5, 5.41) is 0. The van der Waals surface area contributed by atoms with Crippen molar-refractivity contribution in [2.45, 2.75) is 6.54 Å². The van der Waals surface area contributed by atoms with Crippen LogP contribution in [0.15, 0.2) is 79.1 Å². The molecule has 0 atom stereocenters. The van der Waals surface area contributed by atoms with Gasteiger partial charge in [0.1, 0.15) is 0 Å². The zero-order chi connectivity index (χ0) is 13.8. The van der Waals surface area contributed by atoms with Crippen LogP contribution in [0.3, 0.4) is 0 Å². The van der Waals surface area contributed by atoms with Crippen molar-refractivity contribution in [2.75, 3.05) is 11.9 Å². The summed E-state index contributed by atoms with van der Waals surface area (Å²) in [4.78, 5) is 2.25. The van der Waals surface area contributed by atoms with Crippen molar-refractivity contribution >= 4 is 5.69 Å². The maximum absolute atomic E-state index is 2.25. The summed E-state index contributed by atoms with van der Waals surface area (Å²) in [6.07, 6.45) is 4.30. The smallest absolute Gasteiger partial charge is 0.0449 e. The molecule has 0 radical (unpaired) electrons. The fourth-order valence-corrected chi connectivity index (χ4v) is 2.34. The lowest BCUT2D eigenvalue weighted by Crippen LogP contribution is -2.15.